The SMILES string of the molecule is C=CCN(CC=C)CC=C(CC)C(=O)O. The topological polar surface area (TPSA) is 40.5 Å². The second-order valence-electron chi connectivity index (χ2n) is 3.18. The minimum absolute atomic E-state index is 0.452. The summed E-state index contributed by atoms with van der Waals surface area (Å²) in [4.78, 5) is 12.8. The Morgan fingerprint density at radius 1 is 1.27 bits per heavy atom. The molecule has 1 N–H and O–H groups in total. The van der Waals surface area contributed by atoms with E-state index in [1.54, 1.807) is 18.2 Å². The number of aliphatic carboxylic acids is 1. The first kappa shape index (κ1) is 13.7. The van der Waals surface area contributed by atoms with Crippen molar-refractivity contribution in [3.63, 3.8) is 0 Å². The highest BCUT2D eigenvalue weighted by Gasteiger charge is 2.04. The van der Waals surface area contributed by atoms with Crippen LogP contribution in [0.1, 0.15) is 13.3 Å². The van der Waals surface area contributed by atoms with Crippen molar-refractivity contribution >= 4 is 5.97 Å². The molecule has 3 heteroatoms. The number of nitrogens with zero attached hydrogens (tertiary/aromatic N) is 1. The minimum Gasteiger partial charge on any atom is -0.478 e. The fourth-order valence-electron chi connectivity index (χ4n) is 1.21. The zero-order valence-corrected chi connectivity index (χ0v) is 9.28. The van der Waals surface area contributed by atoms with Gasteiger partial charge in [-0.25, -0.2) is 4.79 Å². The molecule has 0 atom stereocenters. The van der Waals surface area contributed by atoms with Crippen LogP contribution in [0.5, 0.6) is 0 Å². The van der Waals surface area contributed by atoms with Gasteiger partial charge in [-0.2, -0.15) is 0 Å². The van der Waals surface area contributed by atoms with Crippen LogP contribution < -0.4 is 0 Å². The maximum absolute atomic E-state index is 10.7. The van der Waals surface area contributed by atoms with Crippen LogP contribution in [0.2, 0.25) is 0 Å². The van der Waals surface area contributed by atoms with Gasteiger partial charge in [0.25, 0.3) is 0 Å². The Labute approximate surface area is 91.4 Å². The first-order chi connectivity index (χ1) is 7.15. The van der Waals surface area contributed by atoms with Crippen molar-refractivity contribution in [3.05, 3.63) is 37.0 Å². The van der Waals surface area contributed by atoms with Crippen LogP contribution in [0.15, 0.2) is 37.0 Å². The third-order valence-corrected chi connectivity index (χ3v) is 2.03. The normalized spacial score (nSPS) is 11.5. The van der Waals surface area contributed by atoms with E-state index in [9.17, 15) is 4.79 Å². The molecule has 15 heavy (non-hydrogen) atoms. The number of rotatable bonds is 8. The van der Waals surface area contributed by atoms with Gasteiger partial charge in [0.2, 0.25) is 0 Å². The largest absolute Gasteiger partial charge is 0.478 e. The minimum atomic E-state index is -0.838. The lowest BCUT2D eigenvalue weighted by atomic mass is 10.2. The van der Waals surface area contributed by atoms with Crippen LogP contribution in [0.3, 0.4) is 0 Å². The predicted molar refractivity (Wildman–Crippen MR) is 62.8 cm³/mol. The molecule has 0 unspecified atom stereocenters. The molecule has 0 heterocycles. The average molecular weight is 209 g/mol. The van der Waals surface area contributed by atoms with Crippen LogP contribution in [0.25, 0.3) is 0 Å². The molecule has 3 nitrogen and oxygen atoms in total. The number of hydrogen-bond acceptors (Lipinski definition) is 2. The standard InChI is InChI=1S/C12H19NO2/c1-4-8-13(9-5-2)10-7-11(6-3)12(14)15/h4-5,7H,1-2,6,8-10H2,3H3,(H,14,15). The summed E-state index contributed by atoms with van der Waals surface area (Å²) < 4.78 is 0. The van der Waals surface area contributed by atoms with Gasteiger partial charge >= 0.3 is 5.97 Å². The lowest BCUT2D eigenvalue weighted by molar-refractivity contribution is -0.132. The molecule has 0 aromatic heterocycles. The van der Waals surface area contributed by atoms with E-state index >= 15 is 0 Å². The van der Waals surface area contributed by atoms with Crippen molar-refractivity contribution in [2.45, 2.75) is 13.3 Å². The first-order valence-electron chi connectivity index (χ1n) is 5.02. The van der Waals surface area contributed by atoms with Gasteiger partial charge in [-0.15, -0.1) is 13.2 Å². The van der Waals surface area contributed by atoms with Gasteiger partial charge in [0.05, 0.1) is 0 Å². The molecular weight excluding hydrogens is 190 g/mol. The van der Waals surface area contributed by atoms with E-state index in [4.69, 9.17) is 5.11 Å². The Hall–Kier alpha value is -1.35. The second-order valence-corrected chi connectivity index (χ2v) is 3.18. The van der Waals surface area contributed by atoms with Crippen LogP contribution >= 0.6 is 0 Å². The molecule has 0 aromatic rings. The highest BCUT2D eigenvalue weighted by molar-refractivity contribution is 5.86. The zero-order valence-electron chi connectivity index (χ0n) is 9.28. The van der Waals surface area contributed by atoms with Crippen molar-refractivity contribution in [1.29, 1.82) is 0 Å². The van der Waals surface area contributed by atoms with Crippen molar-refractivity contribution in [1.82, 2.24) is 4.90 Å². The fraction of sp³-hybridized carbons (Fsp3) is 0.417. The van der Waals surface area contributed by atoms with Crippen LogP contribution in [-0.2, 0) is 4.79 Å². The summed E-state index contributed by atoms with van der Waals surface area (Å²) in [6, 6.07) is 0. The van der Waals surface area contributed by atoms with E-state index < -0.39 is 5.97 Å². The molecule has 84 valence electrons. The van der Waals surface area contributed by atoms with Crippen molar-refractivity contribution in [2.75, 3.05) is 19.6 Å². The molecule has 0 rings (SSSR count). The molecule has 0 saturated heterocycles. The van der Waals surface area contributed by atoms with Gasteiger partial charge in [0.1, 0.15) is 0 Å². The molecule has 0 aliphatic heterocycles. The van der Waals surface area contributed by atoms with E-state index in [0.717, 1.165) is 13.1 Å². The molecule has 0 aromatic carbocycles. The van der Waals surface area contributed by atoms with E-state index in [-0.39, 0.29) is 0 Å². The summed E-state index contributed by atoms with van der Waals surface area (Å²) in [6.07, 6.45) is 5.88. The van der Waals surface area contributed by atoms with Crippen LogP contribution in [0.4, 0.5) is 0 Å². The first-order valence-corrected chi connectivity index (χ1v) is 5.02. The summed E-state index contributed by atoms with van der Waals surface area (Å²) in [7, 11) is 0. The number of carboxylic acid groups (broad SMARTS) is 1. The van der Waals surface area contributed by atoms with E-state index in [0.29, 0.717) is 18.5 Å². The third kappa shape index (κ3) is 5.86. The van der Waals surface area contributed by atoms with E-state index in [1.165, 1.54) is 0 Å². The van der Waals surface area contributed by atoms with Gasteiger partial charge in [-0.05, 0) is 6.42 Å². The van der Waals surface area contributed by atoms with E-state index in [1.807, 2.05) is 6.92 Å². The van der Waals surface area contributed by atoms with Gasteiger partial charge in [-0.3, -0.25) is 4.90 Å². The Balaban J connectivity index is 4.31. The lowest BCUT2D eigenvalue weighted by Gasteiger charge is -2.16. The molecule has 0 radical (unpaired) electrons. The summed E-state index contributed by atoms with van der Waals surface area (Å²) in [5.41, 5.74) is 0.452. The molecule has 0 amide bonds. The number of hydrogen-bond donors (Lipinski definition) is 1. The van der Waals surface area contributed by atoms with Gasteiger partial charge in [0.15, 0.2) is 0 Å². The Bertz CT molecular complexity index is 246. The molecule has 0 bridgehead atoms. The monoisotopic (exact) mass is 209 g/mol. The summed E-state index contributed by atoms with van der Waals surface area (Å²) >= 11 is 0. The molecule has 0 aliphatic carbocycles. The van der Waals surface area contributed by atoms with Crippen LogP contribution in [-0.4, -0.2) is 35.6 Å². The Morgan fingerprint density at radius 2 is 1.80 bits per heavy atom. The van der Waals surface area contributed by atoms with E-state index in [2.05, 4.69) is 18.1 Å². The second kappa shape index (κ2) is 8.00. The zero-order chi connectivity index (χ0) is 11.7. The summed E-state index contributed by atoms with van der Waals surface area (Å²) in [5.74, 6) is -0.838. The molecular formula is C12H19NO2. The van der Waals surface area contributed by atoms with Crippen molar-refractivity contribution in [2.24, 2.45) is 0 Å². The van der Waals surface area contributed by atoms with Crippen LogP contribution in [0, 0.1) is 0 Å². The highest BCUT2D eigenvalue weighted by Crippen LogP contribution is 2.01. The van der Waals surface area contributed by atoms with Gasteiger partial charge in [0, 0.05) is 25.2 Å². The number of carboxylic acids is 1. The molecule has 0 spiro atoms. The van der Waals surface area contributed by atoms with Crippen molar-refractivity contribution in [3.8, 4) is 0 Å². The highest BCUT2D eigenvalue weighted by atomic mass is 16.4. The van der Waals surface area contributed by atoms with Gasteiger partial charge < -0.3 is 5.11 Å². The summed E-state index contributed by atoms with van der Waals surface area (Å²) in [5, 5.41) is 8.82. The maximum atomic E-state index is 10.7. The predicted octanol–water partition coefficient (Wildman–Crippen LogP) is 2.08. The summed E-state index contributed by atoms with van der Waals surface area (Å²) in [6.45, 7) is 11.2. The smallest absolute Gasteiger partial charge is 0.331 e. The third-order valence-electron chi connectivity index (χ3n) is 2.03. The Morgan fingerprint density at radius 3 is 2.13 bits per heavy atom. The lowest BCUT2D eigenvalue weighted by Crippen LogP contribution is -2.24. The van der Waals surface area contributed by atoms with Gasteiger partial charge in [-0.1, -0.05) is 25.2 Å². The maximum Gasteiger partial charge on any atom is 0.331 e. The molecule has 0 saturated carbocycles. The fourth-order valence-corrected chi connectivity index (χ4v) is 1.21. The average Bonchev–Trinajstić information content (AvgIpc) is 2.18. The Kier molecular flexibility index (Phi) is 7.28. The number of carbonyl (C=O) groups is 1. The van der Waals surface area contributed by atoms with Crippen molar-refractivity contribution < 1.29 is 9.90 Å². The molecule has 0 fully saturated rings. The molecule has 0 aliphatic rings. The quantitative estimate of drug-likeness (QED) is 0.491.